The number of hydrogen-bond acceptors (Lipinski definition) is 2. The molecule has 1 rings (SSSR count). The first-order valence-electron chi connectivity index (χ1n) is 4.04. The second kappa shape index (κ2) is 4.79. The molecule has 1 N–H and O–H groups in total. The molecule has 0 aliphatic heterocycles. The van der Waals surface area contributed by atoms with Crippen LogP contribution in [0.15, 0.2) is 6.20 Å². The van der Waals surface area contributed by atoms with E-state index in [2.05, 4.69) is 20.9 Å². The highest BCUT2D eigenvalue weighted by Crippen LogP contribution is 2.28. The van der Waals surface area contributed by atoms with Gasteiger partial charge in [-0.25, -0.2) is 8.78 Å². The van der Waals surface area contributed by atoms with E-state index in [1.807, 2.05) is 0 Å². The molecular formula is C9H10BrF2NO. The summed E-state index contributed by atoms with van der Waals surface area (Å²) in [7, 11) is 0. The van der Waals surface area contributed by atoms with Gasteiger partial charge in [-0.05, 0) is 18.1 Å². The number of aliphatic hydroxyl groups is 1. The van der Waals surface area contributed by atoms with E-state index in [1.54, 1.807) is 6.92 Å². The molecule has 0 aromatic carbocycles. The van der Waals surface area contributed by atoms with Crippen LogP contribution in [0.1, 0.15) is 28.8 Å². The van der Waals surface area contributed by atoms with Gasteiger partial charge in [0, 0.05) is 17.1 Å². The largest absolute Gasteiger partial charge is 0.390 e. The minimum Gasteiger partial charge on any atom is -0.390 e. The molecule has 0 aliphatic rings. The molecule has 2 nitrogen and oxygen atoms in total. The van der Waals surface area contributed by atoms with Crippen molar-refractivity contribution in [2.75, 3.05) is 0 Å². The van der Waals surface area contributed by atoms with E-state index in [0.29, 0.717) is 10.9 Å². The van der Waals surface area contributed by atoms with Crippen molar-refractivity contribution in [3.8, 4) is 0 Å². The normalized spacial score (nSPS) is 11.0. The maximum Gasteiger partial charge on any atom is 0.265 e. The van der Waals surface area contributed by atoms with Crippen LogP contribution >= 0.6 is 15.9 Å². The van der Waals surface area contributed by atoms with Crippen molar-refractivity contribution in [1.29, 1.82) is 0 Å². The Balaban J connectivity index is 3.31. The van der Waals surface area contributed by atoms with Gasteiger partial charge in [-0.2, -0.15) is 0 Å². The Labute approximate surface area is 89.1 Å². The molecule has 1 heterocycles. The molecule has 78 valence electrons. The van der Waals surface area contributed by atoms with Gasteiger partial charge in [0.25, 0.3) is 6.43 Å². The summed E-state index contributed by atoms with van der Waals surface area (Å²) >= 11 is 3.19. The second-order valence-electron chi connectivity index (χ2n) is 2.86. The van der Waals surface area contributed by atoms with Crippen LogP contribution in [0.3, 0.4) is 0 Å². The van der Waals surface area contributed by atoms with Crippen molar-refractivity contribution in [3.05, 3.63) is 28.6 Å². The first-order valence-corrected chi connectivity index (χ1v) is 5.16. The van der Waals surface area contributed by atoms with E-state index in [-0.39, 0.29) is 11.3 Å². The predicted octanol–water partition coefficient (Wildman–Crippen LogP) is 2.71. The van der Waals surface area contributed by atoms with Crippen LogP contribution in [-0.4, -0.2) is 10.1 Å². The lowest BCUT2D eigenvalue weighted by molar-refractivity contribution is 0.145. The van der Waals surface area contributed by atoms with Crippen LogP contribution in [0.4, 0.5) is 8.78 Å². The zero-order chi connectivity index (χ0) is 10.7. The zero-order valence-electron chi connectivity index (χ0n) is 7.60. The molecule has 14 heavy (non-hydrogen) atoms. The Morgan fingerprint density at radius 1 is 1.57 bits per heavy atom. The van der Waals surface area contributed by atoms with Crippen molar-refractivity contribution in [2.45, 2.75) is 25.3 Å². The summed E-state index contributed by atoms with van der Waals surface area (Å²) < 4.78 is 25.3. The third-order valence-electron chi connectivity index (χ3n) is 2.08. The van der Waals surface area contributed by atoms with Gasteiger partial charge in [0.1, 0.15) is 0 Å². The van der Waals surface area contributed by atoms with Crippen molar-refractivity contribution in [3.63, 3.8) is 0 Å². The number of hydrogen-bond donors (Lipinski definition) is 1. The smallest absolute Gasteiger partial charge is 0.265 e. The highest BCUT2D eigenvalue weighted by molar-refractivity contribution is 9.08. The van der Waals surface area contributed by atoms with Gasteiger partial charge in [0.2, 0.25) is 0 Å². The first-order chi connectivity index (χ1) is 6.61. The van der Waals surface area contributed by atoms with Crippen LogP contribution in [0.2, 0.25) is 0 Å². The lowest BCUT2D eigenvalue weighted by Gasteiger charge is -2.12. The van der Waals surface area contributed by atoms with Gasteiger partial charge < -0.3 is 5.11 Å². The van der Waals surface area contributed by atoms with E-state index in [9.17, 15) is 8.78 Å². The Hall–Kier alpha value is -0.550. The standard InChI is InChI=1S/C9H10BrF2NO/c1-5-6(2-10)3-13-7(4-14)8(5)9(11)12/h3,9,14H,2,4H2,1H3. The third-order valence-corrected chi connectivity index (χ3v) is 2.69. The van der Waals surface area contributed by atoms with E-state index in [4.69, 9.17) is 5.11 Å². The van der Waals surface area contributed by atoms with Crippen molar-refractivity contribution in [2.24, 2.45) is 0 Å². The average Bonchev–Trinajstić information content (AvgIpc) is 2.16. The fourth-order valence-corrected chi connectivity index (χ4v) is 1.83. The van der Waals surface area contributed by atoms with Gasteiger partial charge >= 0.3 is 0 Å². The van der Waals surface area contributed by atoms with Gasteiger partial charge in [0.05, 0.1) is 12.3 Å². The zero-order valence-corrected chi connectivity index (χ0v) is 9.18. The Kier molecular flexibility index (Phi) is 3.95. The minimum absolute atomic E-state index is 0.0576. The molecule has 0 radical (unpaired) electrons. The van der Waals surface area contributed by atoms with Crippen molar-refractivity contribution < 1.29 is 13.9 Å². The molecule has 1 aromatic heterocycles. The quantitative estimate of drug-likeness (QED) is 0.853. The minimum atomic E-state index is -2.59. The molecule has 0 saturated carbocycles. The number of nitrogens with zero attached hydrogens (tertiary/aromatic N) is 1. The molecule has 0 unspecified atom stereocenters. The number of halogens is 3. The maximum atomic E-state index is 12.6. The molecule has 1 aromatic rings. The second-order valence-corrected chi connectivity index (χ2v) is 3.42. The fourth-order valence-electron chi connectivity index (χ4n) is 1.26. The number of alkyl halides is 3. The highest BCUT2D eigenvalue weighted by atomic mass is 79.9. The maximum absolute atomic E-state index is 12.6. The first kappa shape index (κ1) is 11.5. The predicted molar refractivity (Wildman–Crippen MR) is 52.5 cm³/mol. The summed E-state index contributed by atoms with van der Waals surface area (Å²) in [5.74, 6) is 0. The molecule has 0 aliphatic carbocycles. The van der Waals surface area contributed by atoms with Crippen LogP contribution in [0.5, 0.6) is 0 Å². The van der Waals surface area contributed by atoms with Crippen LogP contribution in [-0.2, 0) is 11.9 Å². The number of aliphatic hydroxyl groups excluding tert-OH is 1. The summed E-state index contributed by atoms with van der Waals surface area (Å²) in [4.78, 5) is 3.79. The molecule has 0 saturated heterocycles. The number of rotatable bonds is 3. The van der Waals surface area contributed by atoms with Gasteiger partial charge in [-0.1, -0.05) is 15.9 Å². The summed E-state index contributed by atoms with van der Waals surface area (Å²) in [5.41, 5.74) is 1.13. The molecule has 0 spiro atoms. The number of aromatic nitrogens is 1. The van der Waals surface area contributed by atoms with E-state index < -0.39 is 13.0 Å². The third kappa shape index (κ3) is 2.09. The van der Waals surface area contributed by atoms with Gasteiger partial charge in [-0.15, -0.1) is 0 Å². The Bertz CT molecular complexity index is 331. The number of pyridine rings is 1. The Morgan fingerprint density at radius 2 is 2.21 bits per heavy atom. The summed E-state index contributed by atoms with van der Waals surface area (Å²) in [5, 5.41) is 9.33. The van der Waals surface area contributed by atoms with Crippen molar-refractivity contribution >= 4 is 15.9 Å². The van der Waals surface area contributed by atoms with Crippen LogP contribution < -0.4 is 0 Å². The van der Waals surface area contributed by atoms with E-state index in [0.717, 1.165) is 5.56 Å². The summed E-state index contributed by atoms with van der Waals surface area (Å²) in [6.07, 6.45) is -1.09. The topological polar surface area (TPSA) is 33.1 Å². The fraction of sp³-hybridized carbons (Fsp3) is 0.444. The molecular weight excluding hydrogens is 256 g/mol. The monoisotopic (exact) mass is 265 g/mol. The van der Waals surface area contributed by atoms with Crippen molar-refractivity contribution in [1.82, 2.24) is 4.98 Å². The highest BCUT2D eigenvalue weighted by Gasteiger charge is 2.18. The van der Waals surface area contributed by atoms with Crippen LogP contribution in [0, 0.1) is 6.92 Å². The average molecular weight is 266 g/mol. The molecule has 5 heteroatoms. The SMILES string of the molecule is Cc1c(CBr)cnc(CO)c1C(F)F. The molecule has 0 bridgehead atoms. The van der Waals surface area contributed by atoms with Crippen LogP contribution in [0.25, 0.3) is 0 Å². The van der Waals surface area contributed by atoms with Gasteiger partial charge in [-0.3, -0.25) is 4.98 Å². The Morgan fingerprint density at radius 3 is 2.64 bits per heavy atom. The summed E-state index contributed by atoms with van der Waals surface area (Å²) in [6, 6.07) is 0. The lowest BCUT2D eigenvalue weighted by atomic mass is 10.0. The molecule has 0 fully saturated rings. The van der Waals surface area contributed by atoms with Gasteiger partial charge in [0.15, 0.2) is 0 Å². The van der Waals surface area contributed by atoms with E-state index >= 15 is 0 Å². The molecule has 0 atom stereocenters. The van der Waals surface area contributed by atoms with E-state index in [1.165, 1.54) is 6.20 Å². The molecule has 0 amide bonds. The summed E-state index contributed by atoms with van der Waals surface area (Å²) in [6.45, 7) is 1.15. The lowest BCUT2D eigenvalue weighted by Crippen LogP contribution is -2.04.